The maximum absolute atomic E-state index is 13.8. The third-order valence-corrected chi connectivity index (χ3v) is 6.05. The van der Waals surface area contributed by atoms with Crippen LogP contribution in [0, 0.1) is 5.82 Å². The fourth-order valence-corrected chi connectivity index (χ4v) is 4.06. The van der Waals surface area contributed by atoms with Gasteiger partial charge in [-0.15, -0.1) is 0 Å². The number of benzene rings is 1. The molecule has 0 saturated carbocycles. The van der Waals surface area contributed by atoms with E-state index in [1.54, 1.807) is 23.1 Å². The smallest absolute Gasteiger partial charge is 0.256 e. The summed E-state index contributed by atoms with van der Waals surface area (Å²) >= 11 is 0. The molecule has 0 spiro atoms. The first-order chi connectivity index (χ1) is 14.7. The quantitative estimate of drug-likeness (QED) is 0.206. The van der Waals surface area contributed by atoms with Crippen molar-refractivity contribution in [1.82, 2.24) is 4.90 Å². The number of hydrogen-bond acceptors (Lipinski definition) is 1. The Morgan fingerprint density at radius 3 is 1.57 bits per heavy atom. The minimum absolute atomic E-state index is 0.184. The molecule has 0 unspecified atom stereocenters. The van der Waals surface area contributed by atoms with Gasteiger partial charge in [-0.3, -0.25) is 4.79 Å². The Kier molecular flexibility index (Phi) is 16.3. The van der Waals surface area contributed by atoms with E-state index < -0.39 is 5.82 Å². The first kappa shape index (κ1) is 26.7. The van der Waals surface area contributed by atoms with E-state index >= 15 is 0 Å². The molecule has 3 heteroatoms. The molecule has 1 rings (SSSR count). The van der Waals surface area contributed by atoms with Crippen LogP contribution in [0.4, 0.5) is 4.39 Å². The van der Waals surface area contributed by atoms with E-state index in [1.165, 1.54) is 96.0 Å². The van der Waals surface area contributed by atoms with Gasteiger partial charge in [-0.1, -0.05) is 115 Å². The highest BCUT2D eigenvalue weighted by molar-refractivity contribution is 5.94. The summed E-state index contributed by atoms with van der Waals surface area (Å²) in [7, 11) is 0. The topological polar surface area (TPSA) is 20.3 Å². The van der Waals surface area contributed by atoms with Gasteiger partial charge >= 0.3 is 0 Å². The molecule has 0 atom stereocenters. The van der Waals surface area contributed by atoms with Gasteiger partial charge in [0.05, 0.1) is 5.56 Å². The maximum atomic E-state index is 13.8. The highest BCUT2D eigenvalue weighted by atomic mass is 19.1. The number of carbonyl (C=O) groups is 1. The van der Waals surface area contributed by atoms with E-state index in [4.69, 9.17) is 0 Å². The average molecular weight is 420 g/mol. The molecule has 30 heavy (non-hydrogen) atoms. The van der Waals surface area contributed by atoms with Crippen molar-refractivity contribution in [1.29, 1.82) is 0 Å². The van der Waals surface area contributed by atoms with E-state index in [0.717, 1.165) is 19.4 Å². The van der Waals surface area contributed by atoms with Crippen molar-refractivity contribution in [3.63, 3.8) is 0 Å². The van der Waals surface area contributed by atoms with Gasteiger partial charge in [-0.25, -0.2) is 4.39 Å². The summed E-state index contributed by atoms with van der Waals surface area (Å²) in [5, 5.41) is 0. The Hall–Kier alpha value is -1.38. The van der Waals surface area contributed by atoms with Gasteiger partial charge in [0, 0.05) is 13.1 Å². The summed E-state index contributed by atoms with van der Waals surface area (Å²) in [6.07, 6.45) is 21.5. The van der Waals surface area contributed by atoms with Crippen molar-refractivity contribution in [2.24, 2.45) is 0 Å². The Bertz CT molecular complexity index is 545. The molecule has 0 aliphatic heterocycles. The summed E-state index contributed by atoms with van der Waals surface area (Å²) in [5.41, 5.74) is 0.191. The number of unbranched alkanes of at least 4 members (excludes halogenated alkanes) is 15. The van der Waals surface area contributed by atoms with Crippen LogP contribution in [0.25, 0.3) is 0 Å². The highest BCUT2D eigenvalue weighted by Crippen LogP contribution is 2.15. The fraction of sp³-hybridized carbons (Fsp3) is 0.741. The zero-order valence-electron chi connectivity index (χ0n) is 19.8. The monoisotopic (exact) mass is 419 g/mol. The summed E-state index contributed by atoms with van der Waals surface area (Å²) in [6, 6.07) is 6.28. The Balaban J connectivity index is 1.94. The highest BCUT2D eigenvalue weighted by Gasteiger charge is 2.16. The first-order valence-corrected chi connectivity index (χ1v) is 12.7. The van der Waals surface area contributed by atoms with Gasteiger partial charge in [0.15, 0.2) is 0 Å². The third kappa shape index (κ3) is 12.3. The van der Waals surface area contributed by atoms with Gasteiger partial charge in [-0.2, -0.15) is 0 Å². The largest absolute Gasteiger partial charge is 0.339 e. The molecule has 0 radical (unpaired) electrons. The molecule has 0 bridgehead atoms. The molecular formula is C27H46FNO. The standard InChI is InChI=1S/C27H46FNO/c1-3-5-6-7-8-9-10-11-12-13-14-15-16-17-18-21-24-29(4-2)27(30)25-22-19-20-23-26(25)28/h19-20,22-23H,3-18,21,24H2,1-2H3. The van der Waals surface area contributed by atoms with Crippen LogP contribution >= 0.6 is 0 Å². The van der Waals surface area contributed by atoms with Gasteiger partial charge in [0.25, 0.3) is 5.91 Å². The fourth-order valence-electron chi connectivity index (χ4n) is 4.06. The van der Waals surface area contributed by atoms with Crippen LogP contribution in [-0.2, 0) is 0 Å². The summed E-state index contributed by atoms with van der Waals surface area (Å²) in [4.78, 5) is 14.2. The maximum Gasteiger partial charge on any atom is 0.256 e. The van der Waals surface area contributed by atoms with Gasteiger partial charge < -0.3 is 4.90 Å². The lowest BCUT2D eigenvalue weighted by Crippen LogP contribution is -2.32. The van der Waals surface area contributed by atoms with E-state index in [2.05, 4.69) is 6.92 Å². The van der Waals surface area contributed by atoms with Crippen LogP contribution < -0.4 is 0 Å². The van der Waals surface area contributed by atoms with Gasteiger partial charge in [0.2, 0.25) is 0 Å². The van der Waals surface area contributed by atoms with Crippen molar-refractivity contribution in [3.05, 3.63) is 35.6 Å². The van der Waals surface area contributed by atoms with Crippen LogP contribution in [0.5, 0.6) is 0 Å². The predicted octanol–water partition coefficient (Wildman–Crippen LogP) is 8.55. The van der Waals surface area contributed by atoms with Crippen LogP contribution in [0.2, 0.25) is 0 Å². The molecular weight excluding hydrogens is 373 g/mol. The summed E-state index contributed by atoms with van der Waals surface area (Å²) in [5.74, 6) is -0.607. The van der Waals surface area contributed by atoms with Crippen molar-refractivity contribution in [2.75, 3.05) is 13.1 Å². The molecule has 2 nitrogen and oxygen atoms in total. The molecule has 0 aliphatic rings. The van der Waals surface area contributed by atoms with Crippen LogP contribution in [0.1, 0.15) is 127 Å². The van der Waals surface area contributed by atoms with E-state index in [9.17, 15) is 9.18 Å². The normalized spacial score (nSPS) is 11.0. The van der Waals surface area contributed by atoms with Crippen molar-refractivity contribution in [2.45, 2.75) is 117 Å². The minimum Gasteiger partial charge on any atom is -0.339 e. The second kappa shape index (κ2) is 18.4. The number of amides is 1. The van der Waals surface area contributed by atoms with Crippen molar-refractivity contribution in [3.8, 4) is 0 Å². The molecule has 172 valence electrons. The SMILES string of the molecule is CCCCCCCCCCCCCCCCCCN(CC)C(=O)c1ccccc1F. The number of nitrogens with zero attached hydrogens (tertiary/aromatic N) is 1. The van der Waals surface area contributed by atoms with Crippen molar-refractivity contribution < 1.29 is 9.18 Å². The molecule has 0 fully saturated rings. The minimum atomic E-state index is -0.423. The molecule has 0 aromatic heterocycles. The molecule has 0 aliphatic carbocycles. The molecule has 0 heterocycles. The predicted molar refractivity (Wildman–Crippen MR) is 128 cm³/mol. The lowest BCUT2D eigenvalue weighted by Gasteiger charge is -2.21. The lowest BCUT2D eigenvalue weighted by molar-refractivity contribution is 0.0756. The second-order valence-electron chi connectivity index (χ2n) is 8.67. The van der Waals surface area contributed by atoms with Gasteiger partial charge in [-0.05, 0) is 25.5 Å². The zero-order chi connectivity index (χ0) is 21.9. The zero-order valence-corrected chi connectivity index (χ0v) is 19.8. The summed E-state index contributed by atoms with van der Waals surface area (Å²) in [6.45, 7) is 5.59. The van der Waals surface area contributed by atoms with Crippen LogP contribution in [0.15, 0.2) is 24.3 Å². The number of carbonyl (C=O) groups excluding carboxylic acids is 1. The molecule has 0 saturated heterocycles. The summed E-state index contributed by atoms with van der Waals surface area (Å²) < 4.78 is 13.8. The number of halogens is 1. The Labute approximate surface area is 185 Å². The second-order valence-corrected chi connectivity index (χ2v) is 8.67. The number of hydrogen-bond donors (Lipinski definition) is 0. The van der Waals surface area contributed by atoms with E-state index in [0.29, 0.717) is 6.54 Å². The third-order valence-electron chi connectivity index (χ3n) is 6.05. The van der Waals surface area contributed by atoms with E-state index in [-0.39, 0.29) is 11.5 Å². The first-order valence-electron chi connectivity index (χ1n) is 12.7. The Morgan fingerprint density at radius 1 is 0.700 bits per heavy atom. The molecule has 1 amide bonds. The van der Waals surface area contributed by atoms with Crippen LogP contribution in [-0.4, -0.2) is 23.9 Å². The molecule has 1 aromatic carbocycles. The van der Waals surface area contributed by atoms with E-state index in [1.807, 2.05) is 6.92 Å². The van der Waals surface area contributed by atoms with Gasteiger partial charge in [0.1, 0.15) is 5.82 Å². The molecule has 1 aromatic rings. The Morgan fingerprint density at radius 2 is 1.13 bits per heavy atom. The molecule has 0 N–H and O–H groups in total. The van der Waals surface area contributed by atoms with Crippen LogP contribution in [0.3, 0.4) is 0 Å². The lowest BCUT2D eigenvalue weighted by atomic mass is 10.0. The number of rotatable bonds is 19. The van der Waals surface area contributed by atoms with Crippen molar-refractivity contribution >= 4 is 5.91 Å². The average Bonchev–Trinajstić information content (AvgIpc) is 2.76.